The number of rotatable bonds is 49. The Morgan fingerprint density at radius 2 is 0.947 bits per heavy atom. The summed E-state index contributed by atoms with van der Waals surface area (Å²) in [7, 11) is 0. The van der Waals surface area contributed by atoms with Crippen LogP contribution < -0.4 is 5.32 Å². The van der Waals surface area contributed by atoms with Crippen LogP contribution in [0.2, 0.25) is 0 Å². The molecule has 11 nitrogen and oxygen atoms in total. The van der Waals surface area contributed by atoms with E-state index in [1.54, 1.807) is 6.08 Å². The summed E-state index contributed by atoms with van der Waals surface area (Å²) in [4.78, 5) is 26.5. The highest BCUT2D eigenvalue weighted by Crippen LogP contribution is 2.26. The summed E-state index contributed by atoms with van der Waals surface area (Å²) in [5.74, 6) is -1.26. The minimum Gasteiger partial charge on any atom is -0.454 e. The van der Waals surface area contributed by atoms with Crippen molar-refractivity contribution in [3.05, 3.63) is 109 Å². The quantitative estimate of drug-likeness (QED) is 0.0195. The van der Waals surface area contributed by atoms with E-state index in [1.807, 2.05) is 6.08 Å². The molecule has 1 aliphatic rings. The maximum atomic E-state index is 13.4. The van der Waals surface area contributed by atoms with Gasteiger partial charge < -0.3 is 45.1 Å². The zero-order chi connectivity index (χ0) is 55.4. The number of aliphatic hydroxyl groups excluding tert-OH is 5. The lowest BCUT2D eigenvalue weighted by molar-refractivity contribution is -0.305. The van der Waals surface area contributed by atoms with Crippen LogP contribution in [0.15, 0.2) is 109 Å². The van der Waals surface area contributed by atoms with Gasteiger partial charge in [0.05, 0.1) is 25.4 Å². The normalized spacial score (nSPS) is 19.9. The lowest BCUT2D eigenvalue weighted by atomic mass is 9.99. The Hall–Kier alpha value is -3.68. The molecular formula is C65H109NO10. The number of hydrogen-bond donors (Lipinski definition) is 6. The number of esters is 1. The number of nitrogens with one attached hydrogen (secondary N) is 1. The average Bonchev–Trinajstić information content (AvgIpc) is 3.42. The van der Waals surface area contributed by atoms with Crippen molar-refractivity contribution in [1.29, 1.82) is 0 Å². The zero-order valence-corrected chi connectivity index (χ0v) is 47.8. The summed E-state index contributed by atoms with van der Waals surface area (Å²) in [6.07, 6.45) is 59.8. The molecule has 1 saturated heterocycles. The molecule has 76 heavy (non-hydrogen) atoms. The molecule has 0 spiro atoms. The predicted molar refractivity (Wildman–Crippen MR) is 315 cm³/mol. The van der Waals surface area contributed by atoms with Crippen LogP contribution in [0.1, 0.15) is 226 Å². The molecule has 0 bridgehead atoms. The topological polar surface area (TPSA) is 175 Å². The highest BCUT2D eigenvalue weighted by atomic mass is 16.7. The molecule has 1 heterocycles. The molecule has 434 valence electrons. The second kappa shape index (κ2) is 52.0. The first-order valence-corrected chi connectivity index (χ1v) is 30.2. The van der Waals surface area contributed by atoms with E-state index in [0.29, 0.717) is 12.8 Å². The number of unbranched alkanes of at least 4 members (excludes halogenated alkanes) is 19. The van der Waals surface area contributed by atoms with E-state index in [-0.39, 0.29) is 19.4 Å². The van der Waals surface area contributed by atoms with Crippen LogP contribution in [-0.2, 0) is 23.8 Å². The van der Waals surface area contributed by atoms with Crippen molar-refractivity contribution in [2.45, 2.75) is 275 Å². The van der Waals surface area contributed by atoms with Gasteiger partial charge in [-0.25, -0.2) is 0 Å². The average molecular weight is 1060 g/mol. The van der Waals surface area contributed by atoms with Gasteiger partial charge in [0.15, 0.2) is 12.4 Å². The fourth-order valence-corrected chi connectivity index (χ4v) is 8.69. The van der Waals surface area contributed by atoms with E-state index in [2.05, 4.69) is 123 Å². The molecular weight excluding hydrogens is 955 g/mol. The SMILES string of the molecule is CC/C=C\C/C=C\C/C=C\C/C=C\C/C=C\C/C=C\CCCCC(=O)OC1C(OCC(NC(=O)C(O)CCCCCCCC/C=C/C/C=C/CC)C(O)/C=C/CCCCCCCCCCCCC)OC(CO)C(O)C1O. The predicted octanol–water partition coefficient (Wildman–Crippen LogP) is 14.1. The van der Waals surface area contributed by atoms with Gasteiger partial charge >= 0.3 is 5.97 Å². The lowest BCUT2D eigenvalue weighted by Crippen LogP contribution is -2.61. The number of allylic oxidation sites excluding steroid dienone is 17. The van der Waals surface area contributed by atoms with Crippen molar-refractivity contribution in [2.24, 2.45) is 0 Å². The van der Waals surface area contributed by atoms with Gasteiger partial charge in [0, 0.05) is 6.42 Å². The minimum absolute atomic E-state index is 0.0618. The standard InChI is InChI=1S/C65H109NO10/c1-4-7-10-13-16-19-22-25-26-27-28-29-30-31-32-35-38-41-44-47-50-53-60(70)76-63-62(72)61(71)59(54-67)75-65(63)74-55-56(57(68)51-48-45-42-39-36-33-23-20-17-14-11-8-5-2)66-64(73)58(69)52-49-46-43-40-37-34-24-21-18-15-12-9-6-3/h7,9-10,12,16,18-19,21,25-26,28-29,31-32,38,41,48,51,56-59,61-63,65,67-69,71-72H,4-6,8,11,13-15,17,20,22-24,27,30,33-37,39-40,42-47,49-50,52-55H2,1-3H3,(H,66,73)/b10-7-,12-9+,19-16-,21-18+,26-25-,29-28-,32-31-,41-38-,51-48+. The molecule has 11 heteroatoms. The lowest BCUT2D eigenvalue weighted by Gasteiger charge is -2.41. The summed E-state index contributed by atoms with van der Waals surface area (Å²) < 4.78 is 17.6. The number of carbonyl (C=O) groups is 2. The molecule has 8 unspecified atom stereocenters. The number of aliphatic hydroxyl groups is 5. The van der Waals surface area contributed by atoms with Crippen LogP contribution in [-0.4, -0.2) is 99.6 Å². The Morgan fingerprint density at radius 1 is 0.526 bits per heavy atom. The highest BCUT2D eigenvalue weighted by molar-refractivity contribution is 5.80. The highest BCUT2D eigenvalue weighted by Gasteiger charge is 2.47. The molecule has 1 rings (SSSR count). The number of amides is 1. The van der Waals surface area contributed by atoms with Gasteiger partial charge in [0.1, 0.15) is 24.4 Å². The van der Waals surface area contributed by atoms with Crippen LogP contribution in [0.3, 0.4) is 0 Å². The molecule has 0 aliphatic carbocycles. The first kappa shape index (κ1) is 70.3. The fraction of sp³-hybridized carbons (Fsp3) is 0.692. The molecule has 6 N–H and O–H groups in total. The number of hydrogen-bond acceptors (Lipinski definition) is 10. The van der Waals surface area contributed by atoms with Gasteiger partial charge in [-0.15, -0.1) is 0 Å². The van der Waals surface area contributed by atoms with Crippen molar-refractivity contribution < 1.29 is 49.3 Å². The van der Waals surface area contributed by atoms with Gasteiger partial charge in [-0.05, 0) is 103 Å². The van der Waals surface area contributed by atoms with E-state index < -0.39 is 67.4 Å². The first-order chi connectivity index (χ1) is 37.2. The van der Waals surface area contributed by atoms with Gasteiger partial charge in [0.2, 0.25) is 5.91 Å². The van der Waals surface area contributed by atoms with Gasteiger partial charge in [-0.2, -0.15) is 0 Å². The Morgan fingerprint density at radius 3 is 1.42 bits per heavy atom. The summed E-state index contributed by atoms with van der Waals surface area (Å²) in [6.45, 7) is 5.52. The number of ether oxygens (including phenoxy) is 3. The van der Waals surface area contributed by atoms with E-state index in [9.17, 15) is 35.1 Å². The largest absolute Gasteiger partial charge is 0.454 e. The van der Waals surface area contributed by atoms with Crippen LogP contribution >= 0.6 is 0 Å². The van der Waals surface area contributed by atoms with Crippen LogP contribution in [0.4, 0.5) is 0 Å². The van der Waals surface area contributed by atoms with E-state index in [1.165, 1.54) is 51.4 Å². The summed E-state index contributed by atoms with van der Waals surface area (Å²) in [6, 6.07) is -1.04. The monoisotopic (exact) mass is 1060 g/mol. The Labute approximate surface area is 462 Å². The molecule has 8 atom stereocenters. The summed E-state index contributed by atoms with van der Waals surface area (Å²) >= 11 is 0. The van der Waals surface area contributed by atoms with Crippen LogP contribution in [0.25, 0.3) is 0 Å². The molecule has 1 amide bonds. The third-order valence-electron chi connectivity index (χ3n) is 13.4. The van der Waals surface area contributed by atoms with E-state index >= 15 is 0 Å². The zero-order valence-electron chi connectivity index (χ0n) is 47.8. The second-order valence-corrected chi connectivity index (χ2v) is 20.3. The van der Waals surface area contributed by atoms with E-state index in [0.717, 1.165) is 128 Å². The van der Waals surface area contributed by atoms with Gasteiger partial charge in [-0.3, -0.25) is 9.59 Å². The van der Waals surface area contributed by atoms with E-state index in [4.69, 9.17) is 14.2 Å². The van der Waals surface area contributed by atoms with Gasteiger partial charge in [0.25, 0.3) is 0 Å². The minimum atomic E-state index is -1.64. The van der Waals surface area contributed by atoms with Crippen molar-refractivity contribution in [3.8, 4) is 0 Å². The fourth-order valence-electron chi connectivity index (χ4n) is 8.69. The molecule has 0 aromatic carbocycles. The Balaban J connectivity index is 2.73. The summed E-state index contributed by atoms with van der Waals surface area (Å²) in [5.41, 5.74) is 0. The molecule has 0 aromatic rings. The Kier molecular flexibility index (Phi) is 48.2. The third kappa shape index (κ3) is 39.6. The van der Waals surface area contributed by atoms with Crippen LogP contribution in [0, 0.1) is 0 Å². The smallest absolute Gasteiger partial charge is 0.306 e. The summed E-state index contributed by atoms with van der Waals surface area (Å²) in [5, 5.41) is 56.9. The number of carbonyl (C=O) groups excluding carboxylic acids is 2. The van der Waals surface area contributed by atoms with Crippen molar-refractivity contribution in [2.75, 3.05) is 13.2 Å². The molecule has 0 radical (unpaired) electrons. The van der Waals surface area contributed by atoms with Crippen molar-refractivity contribution in [1.82, 2.24) is 5.32 Å². The van der Waals surface area contributed by atoms with Crippen molar-refractivity contribution >= 4 is 11.9 Å². The van der Waals surface area contributed by atoms with Gasteiger partial charge in [-0.1, -0.05) is 226 Å². The molecule has 1 fully saturated rings. The molecule has 0 saturated carbocycles. The first-order valence-electron chi connectivity index (χ1n) is 30.2. The molecule has 1 aliphatic heterocycles. The van der Waals surface area contributed by atoms with Crippen LogP contribution in [0.5, 0.6) is 0 Å². The Bertz CT molecular complexity index is 1650. The third-order valence-corrected chi connectivity index (χ3v) is 13.4. The molecule has 0 aromatic heterocycles. The maximum absolute atomic E-state index is 13.4. The van der Waals surface area contributed by atoms with Crippen molar-refractivity contribution in [3.63, 3.8) is 0 Å². The maximum Gasteiger partial charge on any atom is 0.306 e. The second-order valence-electron chi connectivity index (χ2n) is 20.3.